The van der Waals surface area contributed by atoms with Crippen LogP contribution in [0, 0.1) is 26.7 Å². The van der Waals surface area contributed by atoms with Gasteiger partial charge in [0.25, 0.3) is 0 Å². The quantitative estimate of drug-likeness (QED) is 0.245. The van der Waals surface area contributed by atoms with E-state index in [9.17, 15) is 10.2 Å². The van der Waals surface area contributed by atoms with Gasteiger partial charge in [0.1, 0.15) is 11.5 Å². The molecule has 2 heteroatoms. The zero-order valence-electron chi connectivity index (χ0n) is 22.2. The Labute approximate surface area is 203 Å². The highest BCUT2D eigenvalue weighted by Crippen LogP contribution is 2.37. The van der Waals surface area contributed by atoms with Gasteiger partial charge in [0, 0.05) is 5.56 Å². The summed E-state index contributed by atoms with van der Waals surface area (Å²) < 4.78 is 0. The summed E-state index contributed by atoms with van der Waals surface area (Å²) in [6, 6.07) is 0. The van der Waals surface area contributed by atoms with Crippen molar-refractivity contribution in [3.8, 4) is 11.5 Å². The molecule has 1 atom stereocenters. The number of allylic oxidation sites excluding steroid dienone is 6. The lowest BCUT2D eigenvalue weighted by atomic mass is 9.91. The van der Waals surface area contributed by atoms with Crippen LogP contribution in [0.25, 0.3) is 0 Å². The van der Waals surface area contributed by atoms with Crippen molar-refractivity contribution < 1.29 is 10.2 Å². The van der Waals surface area contributed by atoms with Crippen LogP contribution >= 0.6 is 0 Å². The van der Waals surface area contributed by atoms with Gasteiger partial charge in [-0.1, -0.05) is 41.9 Å². The van der Waals surface area contributed by atoms with E-state index in [1.165, 1.54) is 49.7 Å². The fraction of sp³-hybridized carbons (Fsp3) is 0.613. The molecule has 2 N–H and O–H groups in total. The Morgan fingerprint density at radius 2 is 1.36 bits per heavy atom. The van der Waals surface area contributed by atoms with Gasteiger partial charge in [-0.25, -0.2) is 0 Å². The highest BCUT2D eigenvalue weighted by Gasteiger charge is 2.16. The molecule has 184 valence electrons. The third-order valence-corrected chi connectivity index (χ3v) is 7.65. The molecule has 0 amide bonds. The maximum Gasteiger partial charge on any atom is 0.122 e. The van der Waals surface area contributed by atoms with E-state index in [4.69, 9.17) is 0 Å². The Kier molecular flexibility index (Phi) is 11.3. The molecule has 1 aliphatic rings. The standard InChI is InChI=1S/C31H48O2/c1-22(12-9-13-23(2)16-11-19-28-17-7-8-18-28)14-10-15-24(3)20-21-29-27(6)30(32)25(4)26(5)31(29)33/h13-14,19,24,32-33H,7-12,15-18,20-21H2,1-6H3/b22-14+,23-13+/t24-/m0/s1. The number of hydrogen-bond donors (Lipinski definition) is 2. The van der Waals surface area contributed by atoms with Crippen LogP contribution in [0.3, 0.4) is 0 Å². The first-order valence-electron chi connectivity index (χ1n) is 13.2. The molecule has 2 rings (SSSR count). The third-order valence-electron chi connectivity index (χ3n) is 7.65. The van der Waals surface area contributed by atoms with Crippen molar-refractivity contribution in [1.29, 1.82) is 0 Å². The van der Waals surface area contributed by atoms with E-state index >= 15 is 0 Å². The number of phenols is 2. The van der Waals surface area contributed by atoms with E-state index in [-0.39, 0.29) is 0 Å². The smallest absolute Gasteiger partial charge is 0.122 e. The molecule has 33 heavy (non-hydrogen) atoms. The predicted octanol–water partition coefficient (Wildman–Crippen LogP) is 9.33. The fourth-order valence-electron chi connectivity index (χ4n) is 4.93. The van der Waals surface area contributed by atoms with Crippen molar-refractivity contribution in [3.05, 3.63) is 57.2 Å². The Morgan fingerprint density at radius 3 is 2.03 bits per heavy atom. The van der Waals surface area contributed by atoms with E-state index in [1.54, 1.807) is 5.57 Å². The second kappa shape index (κ2) is 13.7. The number of rotatable bonds is 12. The predicted molar refractivity (Wildman–Crippen MR) is 143 cm³/mol. The Hall–Kier alpha value is -1.96. The maximum absolute atomic E-state index is 10.5. The average Bonchev–Trinajstić information content (AvgIpc) is 3.30. The zero-order chi connectivity index (χ0) is 24.4. The van der Waals surface area contributed by atoms with Crippen LogP contribution in [0.1, 0.15) is 114 Å². The normalized spacial score (nSPS) is 15.9. The second-order valence-corrected chi connectivity index (χ2v) is 10.5. The molecule has 0 unspecified atom stereocenters. The van der Waals surface area contributed by atoms with Crippen LogP contribution in [0.15, 0.2) is 34.9 Å². The minimum absolute atomic E-state index is 0.335. The molecule has 1 aliphatic carbocycles. The third kappa shape index (κ3) is 8.72. The van der Waals surface area contributed by atoms with Crippen molar-refractivity contribution in [2.75, 3.05) is 0 Å². The van der Waals surface area contributed by atoms with Crippen molar-refractivity contribution >= 4 is 0 Å². The van der Waals surface area contributed by atoms with Gasteiger partial charge in [-0.05, 0) is 134 Å². The minimum Gasteiger partial charge on any atom is -0.507 e. The van der Waals surface area contributed by atoms with Crippen LogP contribution in [-0.2, 0) is 6.42 Å². The Bertz CT molecular complexity index is 832. The Morgan fingerprint density at radius 1 is 0.788 bits per heavy atom. The summed E-state index contributed by atoms with van der Waals surface area (Å²) in [7, 11) is 0. The van der Waals surface area contributed by atoms with E-state index in [2.05, 4.69) is 39.0 Å². The summed E-state index contributed by atoms with van der Waals surface area (Å²) >= 11 is 0. The highest BCUT2D eigenvalue weighted by atomic mass is 16.3. The summed E-state index contributed by atoms with van der Waals surface area (Å²) in [5.74, 6) is 1.29. The zero-order valence-corrected chi connectivity index (χ0v) is 22.2. The lowest BCUT2D eigenvalue weighted by Gasteiger charge is -2.17. The summed E-state index contributed by atoms with van der Waals surface area (Å²) in [5, 5.41) is 20.9. The summed E-state index contributed by atoms with van der Waals surface area (Å²) in [5.41, 5.74) is 8.04. The molecule has 0 aliphatic heterocycles. The maximum atomic E-state index is 10.5. The highest BCUT2D eigenvalue weighted by molar-refractivity contribution is 5.56. The lowest BCUT2D eigenvalue weighted by molar-refractivity contribution is 0.435. The summed E-state index contributed by atoms with van der Waals surface area (Å²) in [6.07, 6.45) is 21.6. The molecule has 0 heterocycles. The SMILES string of the molecule is C/C(=C\CC/C(C)=C/CC[C@H](C)CCc1c(C)c(O)c(C)c(C)c1O)CCC=C1CCCC1. The first-order chi connectivity index (χ1) is 15.7. The first-order valence-corrected chi connectivity index (χ1v) is 13.2. The molecule has 1 aromatic rings. The molecule has 0 spiro atoms. The van der Waals surface area contributed by atoms with E-state index < -0.39 is 0 Å². The lowest BCUT2D eigenvalue weighted by Crippen LogP contribution is -2.01. The van der Waals surface area contributed by atoms with Gasteiger partial charge in [-0.15, -0.1) is 0 Å². The van der Waals surface area contributed by atoms with Gasteiger partial charge < -0.3 is 10.2 Å². The molecule has 2 nitrogen and oxygen atoms in total. The van der Waals surface area contributed by atoms with Crippen molar-refractivity contribution in [1.82, 2.24) is 0 Å². The van der Waals surface area contributed by atoms with Gasteiger partial charge >= 0.3 is 0 Å². The monoisotopic (exact) mass is 452 g/mol. The topological polar surface area (TPSA) is 40.5 Å². The summed E-state index contributed by atoms with van der Waals surface area (Å²) in [6.45, 7) is 12.5. The molecule has 1 saturated carbocycles. The molecule has 0 aromatic heterocycles. The van der Waals surface area contributed by atoms with Crippen LogP contribution in [-0.4, -0.2) is 10.2 Å². The molecule has 0 radical (unpaired) electrons. The van der Waals surface area contributed by atoms with E-state index in [0.29, 0.717) is 17.4 Å². The molecular formula is C31H48O2. The minimum atomic E-state index is 0.335. The number of benzene rings is 1. The molecule has 0 saturated heterocycles. The number of aromatic hydroxyl groups is 2. The van der Waals surface area contributed by atoms with Gasteiger partial charge in [0.15, 0.2) is 0 Å². The van der Waals surface area contributed by atoms with Gasteiger partial charge in [-0.3, -0.25) is 0 Å². The summed E-state index contributed by atoms with van der Waals surface area (Å²) in [4.78, 5) is 0. The molecule has 1 aromatic carbocycles. The van der Waals surface area contributed by atoms with Crippen molar-refractivity contribution in [2.45, 2.75) is 119 Å². The van der Waals surface area contributed by atoms with Crippen molar-refractivity contribution in [2.24, 2.45) is 5.92 Å². The average molecular weight is 453 g/mol. The van der Waals surface area contributed by atoms with Crippen LogP contribution in [0.5, 0.6) is 11.5 Å². The van der Waals surface area contributed by atoms with E-state index in [0.717, 1.165) is 60.8 Å². The Balaban J connectivity index is 1.69. The van der Waals surface area contributed by atoms with Gasteiger partial charge in [-0.2, -0.15) is 0 Å². The van der Waals surface area contributed by atoms with E-state index in [1.807, 2.05) is 20.8 Å². The molecule has 1 fully saturated rings. The largest absolute Gasteiger partial charge is 0.507 e. The first kappa shape index (κ1) is 27.3. The van der Waals surface area contributed by atoms with Crippen LogP contribution in [0.4, 0.5) is 0 Å². The van der Waals surface area contributed by atoms with Crippen LogP contribution in [0.2, 0.25) is 0 Å². The second-order valence-electron chi connectivity index (χ2n) is 10.5. The molecule has 0 bridgehead atoms. The van der Waals surface area contributed by atoms with Gasteiger partial charge in [0.2, 0.25) is 0 Å². The number of hydrogen-bond acceptors (Lipinski definition) is 2. The fourth-order valence-corrected chi connectivity index (χ4v) is 4.93. The van der Waals surface area contributed by atoms with Gasteiger partial charge in [0.05, 0.1) is 0 Å². The molecular weight excluding hydrogens is 404 g/mol. The van der Waals surface area contributed by atoms with Crippen molar-refractivity contribution in [3.63, 3.8) is 0 Å². The number of phenolic OH excluding ortho intramolecular Hbond substituents is 2. The van der Waals surface area contributed by atoms with Crippen LogP contribution < -0.4 is 0 Å².